The van der Waals surface area contributed by atoms with E-state index in [1.165, 1.54) is 0 Å². The highest BCUT2D eigenvalue weighted by Gasteiger charge is 2.08. The second-order valence-corrected chi connectivity index (χ2v) is 3.57. The lowest BCUT2D eigenvalue weighted by Gasteiger charge is -2.04. The van der Waals surface area contributed by atoms with Gasteiger partial charge in [0.25, 0.3) is 5.78 Å². The second-order valence-electron chi connectivity index (χ2n) is 3.57. The van der Waals surface area contributed by atoms with Crippen LogP contribution in [0, 0.1) is 13.8 Å². The number of fused-ring (bicyclic) bond motifs is 1. The Balaban J connectivity index is 2.49. The molecule has 0 spiro atoms. The van der Waals surface area contributed by atoms with E-state index in [1.54, 1.807) is 0 Å². The highest BCUT2D eigenvalue weighted by Crippen LogP contribution is 2.07. The normalized spacial score (nSPS) is 11.1. The number of hydrogen-bond acceptors (Lipinski definition) is 4. The number of aromatic nitrogens is 4. The van der Waals surface area contributed by atoms with E-state index < -0.39 is 0 Å². The van der Waals surface area contributed by atoms with E-state index in [1.807, 2.05) is 24.3 Å². The highest BCUT2D eigenvalue weighted by molar-refractivity contribution is 5.32. The van der Waals surface area contributed by atoms with E-state index in [0.717, 1.165) is 30.3 Å². The number of nitrogens with zero attached hydrogens (tertiary/aromatic N) is 4. The Morgan fingerprint density at radius 3 is 2.87 bits per heavy atom. The van der Waals surface area contributed by atoms with Crippen LogP contribution in [0.25, 0.3) is 5.78 Å². The minimum Gasteiger partial charge on any atom is -0.310 e. The molecule has 0 saturated heterocycles. The van der Waals surface area contributed by atoms with Crippen molar-refractivity contribution in [3.05, 3.63) is 23.3 Å². The van der Waals surface area contributed by atoms with Gasteiger partial charge in [0.05, 0.1) is 6.54 Å². The number of nitrogens with one attached hydrogen (secondary N) is 1. The van der Waals surface area contributed by atoms with Crippen LogP contribution in [0.5, 0.6) is 0 Å². The molecule has 2 rings (SSSR count). The van der Waals surface area contributed by atoms with Gasteiger partial charge in [-0.25, -0.2) is 4.98 Å². The first-order valence-corrected chi connectivity index (χ1v) is 5.11. The minimum absolute atomic E-state index is 0.681. The Hall–Kier alpha value is -1.49. The number of hydrogen-bond donors (Lipinski definition) is 1. The van der Waals surface area contributed by atoms with E-state index in [9.17, 15) is 0 Å². The summed E-state index contributed by atoms with van der Waals surface area (Å²) < 4.78 is 1.98. The van der Waals surface area contributed by atoms with Gasteiger partial charge in [0.2, 0.25) is 0 Å². The van der Waals surface area contributed by atoms with Crippen LogP contribution in [0.15, 0.2) is 6.07 Å². The third-order valence-electron chi connectivity index (χ3n) is 2.29. The standard InChI is InChI=1S/C10H15N5/c1-4-11-6-9-13-14-10-12-7(2)5-8(3)15(9)10/h5,11H,4,6H2,1-3H3. The first-order chi connectivity index (χ1) is 7.22. The van der Waals surface area contributed by atoms with Gasteiger partial charge >= 0.3 is 0 Å². The lowest BCUT2D eigenvalue weighted by atomic mass is 10.3. The molecule has 0 fully saturated rings. The van der Waals surface area contributed by atoms with Crippen molar-refractivity contribution < 1.29 is 0 Å². The van der Waals surface area contributed by atoms with Crippen LogP contribution < -0.4 is 5.32 Å². The Bertz CT molecular complexity index is 474. The van der Waals surface area contributed by atoms with Gasteiger partial charge in [0.1, 0.15) is 0 Å². The van der Waals surface area contributed by atoms with Crippen molar-refractivity contribution in [2.45, 2.75) is 27.3 Å². The molecule has 0 unspecified atom stereocenters. The van der Waals surface area contributed by atoms with Crippen molar-refractivity contribution in [2.75, 3.05) is 6.54 Å². The molecule has 0 aliphatic carbocycles. The Kier molecular flexibility index (Phi) is 2.64. The predicted molar refractivity (Wildman–Crippen MR) is 57.6 cm³/mol. The van der Waals surface area contributed by atoms with Gasteiger partial charge in [-0.05, 0) is 26.5 Å². The fourth-order valence-electron chi connectivity index (χ4n) is 1.65. The molecule has 0 bridgehead atoms. The van der Waals surface area contributed by atoms with Gasteiger partial charge in [-0.1, -0.05) is 6.92 Å². The lowest BCUT2D eigenvalue weighted by molar-refractivity contribution is 0.680. The first kappa shape index (κ1) is 10.0. The summed E-state index contributed by atoms with van der Waals surface area (Å²) in [6.45, 7) is 7.72. The molecule has 5 nitrogen and oxygen atoms in total. The zero-order valence-electron chi connectivity index (χ0n) is 9.28. The van der Waals surface area contributed by atoms with Crippen molar-refractivity contribution in [3.8, 4) is 0 Å². The third-order valence-corrected chi connectivity index (χ3v) is 2.29. The van der Waals surface area contributed by atoms with Crippen LogP contribution in [0.4, 0.5) is 0 Å². The van der Waals surface area contributed by atoms with Gasteiger partial charge < -0.3 is 5.32 Å². The van der Waals surface area contributed by atoms with Gasteiger partial charge in [-0.2, -0.15) is 0 Å². The summed E-state index contributed by atoms with van der Waals surface area (Å²) in [5.41, 5.74) is 2.10. The van der Waals surface area contributed by atoms with Crippen molar-refractivity contribution in [1.82, 2.24) is 24.9 Å². The van der Waals surface area contributed by atoms with Crippen LogP contribution in [0.3, 0.4) is 0 Å². The van der Waals surface area contributed by atoms with Gasteiger partial charge in [0.15, 0.2) is 5.82 Å². The maximum absolute atomic E-state index is 4.33. The summed E-state index contributed by atoms with van der Waals surface area (Å²) in [5.74, 6) is 1.59. The summed E-state index contributed by atoms with van der Waals surface area (Å²) in [5, 5.41) is 11.4. The van der Waals surface area contributed by atoms with E-state index in [2.05, 4.69) is 27.4 Å². The van der Waals surface area contributed by atoms with Crippen LogP contribution in [0.2, 0.25) is 0 Å². The third kappa shape index (κ3) is 1.83. The van der Waals surface area contributed by atoms with Gasteiger partial charge in [0, 0.05) is 11.4 Å². The van der Waals surface area contributed by atoms with Crippen molar-refractivity contribution in [1.29, 1.82) is 0 Å². The summed E-state index contributed by atoms with van der Waals surface area (Å²) >= 11 is 0. The fraction of sp³-hybridized carbons (Fsp3) is 0.500. The van der Waals surface area contributed by atoms with Crippen LogP contribution in [-0.2, 0) is 6.54 Å². The lowest BCUT2D eigenvalue weighted by Crippen LogP contribution is -2.15. The molecule has 2 heterocycles. The van der Waals surface area contributed by atoms with Crippen LogP contribution in [0.1, 0.15) is 24.1 Å². The average Bonchev–Trinajstić information content (AvgIpc) is 2.58. The van der Waals surface area contributed by atoms with Crippen LogP contribution in [-0.4, -0.2) is 26.1 Å². The molecule has 0 saturated carbocycles. The largest absolute Gasteiger partial charge is 0.310 e. The first-order valence-electron chi connectivity index (χ1n) is 5.11. The number of rotatable bonds is 3. The van der Waals surface area contributed by atoms with Crippen molar-refractivity contribution in [3.63, 3.8) is 0 Å². The smallest absolute Gasteiger partial charge is 0.255 e. The molecule has 0 aliphatic rings. The molecule has 2 aromatic rings. The molecular formula is C10H15N5. The molecule has 5 heteroatoms. The van der Waals surface area contributed by atoms with Gasteiger partial charge in [-0.3, -0.25) is 4.40 Å². The molecule has 1 N–H and O–H groups in total. The average molecular weight is 205 g/mol. The summed E-state index contributed by atoms with van der Waals surface area (Å²) in [6, 6.07) is 2.03. The molecule has 0 radical (unpaired) electrons. The minimum atomic E-state index is 0.681. The molecular weight excluding hydrogens is 190 g/mol. The quantitative estimate of drug-likeness (QED) is 0.807. The molecule has 0 aromatic carbocycles. The van der Waals surface area contributed by atoms with E-state index in [-0.39, 0.29) is 0 Å². The Morgan fingerprint density at radius 1 is 1.33 bits per heavy atom. The zero-order chi connectivity index (χ0) is 10.8. The molecule has 2 aromatic heterocycles. The van der Waals surface area contributed by atoms with E-state index in [0.29, 0.717) is 5.78 Å². The maximum atomic E-state index is 4.33. The topological polar surface area (TPSA) is 55.1 Å². The molecule has 0 atom stereocenters. The van der Waals surface area contributed by atoms with Crippen molar-refractivity contribution in [2.24, 2.45) is 0 Å². The Morgan fingerprint density at radius 2 is 2.13 bits per heavy atom. The second kappa shape index (κ2) is 3.94. The van der Waals surface area contributed by atoms with Gasteiger partial charge in [-0.15, -0.1) is 10.2 Å². The molecule has 80 valence electrons. The summed E-state index contributed by atoms with van der Waals surface area (Å²) in [7, 11) is 0. The van der Waals surface area contributed by atoms with E-state index in [4.69, 9.17) is 0 Å². The monoisotopic (exact) mass is 205 g/mol. The zero-order valence-corrected chi connectivity index (χ0v) is 9.28. The summed E-state index contributed by atoms with van der Waals surface area (Å²) in [4.78, 5) is 4.33. The SMILES string of the molecule is CCNCc1nnc2nc(C)cc(C)n12. The van der Waals surface area contributed by atoms with Crippen LogP contribution >= 0.6 is 0 Å². The number of aryl methyl sites for hydroxylation is 2. The molecule has 0 amide bonds. The highest BCUT2D eigenvalue weighted by atomic mass is 15.3. The Labute approximate surface area is 88.6 Å². The molecule has 0 aliphatic heterocycles. The maximum Gasteiger partial charge on any atom is 0.255 e. The fourth-order valence-corrected chi connectivity index (χ4v) is 1.65. The molecule has 15 heavy (non-hydrogen) atoms. The predicted octanol–water partition coefficient (Wildman–Crippen LogP) is 0.851. The summed E-state index contributed by atoms with van der Waals surface area (Å²) in [6.07, 6.45) is 0. The van der Waals surface area contributed by atoms with E-state index >= 15 is 0 Å². The van der Waals surface area contributed by atoms with Crippen molar-refractivity contribution >= 4 is 5.78 Å².